The average Bonchev–Trinajstić information content (AvgIpc) is 2.64. The van der Waals surface area contributed by atoms with Crippen LogP contribution in [-0.2, 0) is 19.7 Å². The lowest BCUT2D eigenvalue weighted by Gasteiger charge is -2.22. The number of sulfone groups is 2. The molecule has 1 saturated heterocycles. The van der Waals surface area contributed by atoms with E-state index in [0.29, 0.717) is 0 Å². The molecule has 0 spiro atoms. The quantitative estimate of drug-likeness (QED) is 0.822. The summed E-state index contributed by atoms with van der Waals surface area (Å²) in [5.41, 5.74) is 0. The summed E-state index contributed by atoms with van der Waals surface area (Å²) >= 11 is 0. The minimum absolute atomic E-state index is 0.0331. The van der Waals surface area contributed by atoms with Gasteiger partial charge in [-0.2, -0.15) is 0 Å². The Balaban J connectivity index is 2.39. The van der Waals surface area contributed by atoms with Gasteiger partial charge in [0.25, 0.3) is 0 Å². The van der Waals surface area contributed by atoms with Gasteiger partial charge >= 0.3 is 0 Å². The van der Waals surface area contributed by atoms with Crippen molar-refractivity contribution in [2.45, 2.75) is 36.1 Å². The van der Waals surface area contributed by atoms with Gasteiger partial charge in [-0.05, 0) is 24.3 Å². The predicted octanol–water partition coefficient (Wildman–Crippen LogP) is 0.763. The van der Waals surface area contributed by atoms with Crippen LogP contribution >= 0.6 is 0 Å². The maximum absolute atomic E-state index is 12.9. The molecule has 1 N–H and O–H groups in total. The molecule has 1 fully saturated rings. The van der Waals surface area contributed by atoms with Crippen molar-refractivity contribution in [2.75, 3.05) is 11.5 Å². The predicted molar refractivity (Wildman–Crippen MR) is 78.1 cm³/mol. The largest absolute Gasteiger partial charge is 0.309 e. The van der Waals surface area contributed by atoms with Crippen LogP contribution in [0.4, 0.5) is 4.39 Å². The van der Waals surface area contributed by atoms with Gasteiger partial charge in [0, 0.05) is 12.1 Å². The Morgan fingerprint density at radius 3 is 2.29 bits per heavy atom. The number of nitrogens with one attached hydrogen (secondary N) is 1. The molecule has 0 unspecified atom stereocenters. The zero-order valence-corrected chi connectivity index (χ0v) is 13.4. The van der Waals surface area contributed by atoms with Crippen molar-refractivity contribution in [3.63, 3.8) is 0 Å². The van der Waals surface area contributed by atoms with Gasteiger partial charge in [-0.15, -0.1) is 0 Å². The molecule has 8 heteroatoms. The van der Waals surface area contributed by atoms with E-state index in [1.54, 1.807) is 0 Å². The molecule has 0 aliphatic carbocycles. The topological polar surface area (TPSA) is 80.3 Å². The van der Waals surface area contributed by atoms with Crippen LogP contribution in [0.5, 0.6) is 0 Å². The first-order chi connectivity index (χ1) is 9.62. The molecular formula is C13H18FNO4S2. The molecule has 1 aliphatic heterocycles. The monoisotopic (exact) mass is 335 g/mol. The first kappa shape index (κ1) is 16.4. The number of hydrogen-bond donors (Lipinski definition) is 1. The molecule has 0 saturated carbocycles. The van der Waals surface area contributed by atoms with E-state index >= 15 is 0 Å². The maximum atomic E-state index is 12.9. The van der Waals surface area contributed by atoms with Crippen LogP contribution < -0.4 is 5.32 Å². The molecule has 118 valence electrons. The Labute approximate surface area is 124 Å². The normalized spacial score (nSPS) is 25.3. The van der Waals surface area contributed by atoms with E-state index < -0.39 is 42.5 Å². The van der Waals surface area contributed by atoms with Crippen molar-refractivity contribution in [1.82, 2.24) is 5.32 Å². The zero-order valence-electron chi connectivity index (χ0n) is 11.8. The molecule has 2 rings (SSSR count). The summed E-state index contributed by atoms with van der Waals surface area (Å²) in [4.78, 5) is -0.0541. The van der Waals surface area contributed by atoms with Gasteiger partial charge < -0.3 is 5.32 Å². The van der Waals surface area contributed by atoms with Crippen LogP contribution in [0.1, 0.15) is 13.8 Å². The van der Waals surface area contributed by atoms with E-state index in [-0.39, 0.29) is 16.7 Å². The third-order valence-corrected chi connectivity index (χ3v) is 7.56. The van der Waals surface area contributed by atoms with Gasteiger partial charge in [0.2, 0.25) is 0 Å². The standard InChI is InChI=1S/C13H18FNO4S2/c1-9(2)15-12-7-20(16,17)8-13(12)21(18,19)11-5-3-10(14)4-6-11/h3-6,9,12-13,15H,7-8H2,1-2H3/t12-,13-/m1/s1. The fourth-order valence-corrected chi connectivity index (χ4v) is 7.18. The molecule has 1 aliphatic rings. The van der Waals surface area contributed by atoms with Gasteiger partial charge in [-0.3, -0.25) is 0 Å². The van der Waals surface area contributed by atoms with E-state index in [9.17, 15) is 21.2 Å². The van der Waals surface area contributed by atoms with E-state index in [4.69, 9.17) is 0 Å². The Morgan fingerprint density at radius 1 is 1.19 bits per heavy atom. The average molecular weight is 335 g/mol. The van der Waals surface area contributed by atoms with Gasteiger partial charge in [0.15, 0.2) is 19.7 Å². The summed E-state index contributed by atoms with van der Waals surface area (Å²) in [6, 6.07) is 3.77. The summed E-state index contributed by atoms with van der Waals surface area (Å²) in [6.45, 7) is 3.65. The van der Waals surface area contributed by atoms with E-state index in [0.717, 1.165) is 12.1 Å². The lowest BCUT2D eigenvalue weighted by Crippen LogP contribution is -2.46. The van der Waals surface area contributed by atoms with Gasteiger partial charge in [0.05, 0.1) is 21.7 Å². The highest BCUT2D eigenvalue weighted by Crippen LogP contribution is 2.26. The van der Waals surface area contributed by atoms with Crippen molar-refractivity contribution >= 4 is 19.7 Å². The molecule has 0 amide bonds. The zero-order chi connectivity index (χ0) is 15.8. The second kappa shape index (κ2) is 5.66. The SMILES string of the molecule is CC(C)N[C@@H]1CS(=O)(=O)C[C@H]1S(=O)(=O)c1ccc(F)cc1. The summed E-state index contributed by atoms with van der Waals surface area (Å²) < 4.78 is 61.7. The van der Waals surface area contributed by atoms with Crippen molar-refractivity contribution in [3.8, 4) is 0 Å². The Morgan fingerprint density at radius 2 is 1.76 bits per heavy atom. The summed E-state index contributed by atoms with van der Waals surface area (Å²) in [6.07, 6.45) is 0. The minimum Gasteiger partial charge on any atom is -0.309 e. The van der Waals surface area contributed by atoms with Crippen molar-refractivity contribution in [3.05, 3.63) is 30.1 Å². The highest BCUT2D eigenvalue weighted by atomic mass is 32.2. The Bertz CT molecular complexity index is 711. The number of benzene rings is 1. The highest BCUT2D eigenvalue weighted by molar-refractivity contribution is 7.96. The highest BCUT2D eigenvalue weighted by Gasteiger charge is 2.45. The second-order valence-corrected chi connectivity index (χ2v) is 9.86. The maximum Gasteiger partial charge on any atom is 0.183 e. The first-order valence-corrected chi connectivity index (χ1v) is 9.94. The van der Waals surface area contributed by atoms with E-state index in [1.807, 2.05) is 13.8 Å². The Kier molecular flexibility index (Phi) is 4.41. The van der Waals surface area contributed by atoms with Crippen LogP contribution in [0.25, 0.3) is 0 Å². The van der Waals surface area contributed by atoms with Crippen LogP contribution in [0.15, 0.2) is 29.2 Å². The Hall–Kier alpha value is -0.990. The number of rotatable bonds is 4. The van der Waals surface area contributed by atoms with E-state index in [1.165, 1.54) is 12.1 Å². The molecule has 0 bridgehead atoms. The molecule has 1 aromatic carbocycles. The second-order valence-electron chi connectivity index (χ2n) is 5.54. The molecule has 0 aromatic heterocycles. The minimum atomic E-state index is -3.83. The van der Waals surface area contributed by atoms with Crippen molar-refractivity contribution < 1.29 is 21.2 Å². The van der Waals surface area contributed by atoms with Crippen LogP contribution in [0, 0.1) is 5.82 Å². The molecule has 21 heavy (non-hydrogen) atoms. The fourth-order valence-electron chi connectivity index (χ4n) is 2.50. The van der Waals surface area contributed by atoms with Crippen LogP contribution in [0.2, 0.25) is 0 Å². The molecule has 5 nitrogen and oxygen atoms in total. The number of hydrogen-bond acceptors (Lipinski definition) is 5. The lowest BCUT2D eigenvalue weighted by molar-refractivity contribution is 0.484. The van der Waals surface area contributed by atoms with Crippen LogP contribution in [0.3, 0.4) is 0 Å². The van der Waals surface area contributed by atoms with Crippen LogP contribution in [-0.4, -0.2) is 45.7 Å². The fraction of sp³-hybridized carbons (Fsp3) is 0.538. The lowest BCUT2D eigenvalue weighted by atomic mass is 10.2. The molecule has 2 atom stereocenters. The van der Waals surface area contributed by atoms with E-state index in [2.05, 4.69) is 5.32 Å². The first-order valence-electron chi connectivity index (χ1n) is 6.58. The smallest absolute Gasteiger partial charge is 0.183 e. The molecule has 1 aromatic rings. The van der Waals surface area contributed by atoms with Crippen molar-refractivity contribution in [1.29, 1.82) is 0 Å². The van der Waals surface area contributed by atoms with Crippen molar-refractivity contribution in [2.24, 2.45) is 0 Å². The molecule has 1 heterocycles. The molecular weight excluding hydrogens is 317 g/mol. The number of halogens is 1. The van der Waals surface area contributed by atoms with Gasteiger partial charge in [-0.25, -0.2) is 21.2 Å². The summed E-state index contributed by atoms with van der Waals surface area (Å²) in [7, 11) is -7.23. The van der Waals surface area contributed by atoms with Gasteiger partial charge in [0.1, 0.15) is 5.82 Å². The molecule has 0 radical (unpaired) electrons. The van der Waals surface area contributed by atoms with Gasteiger partial charge in [-0.1, -0.05) is 13.8 Å². The third-order valence-electron chi connectivity index (χ3n) is 3.39. The third kappa shape index (κ3) is 3.61. The summed E-state index contributed by atoms with van der Waals surface area (Å²) in [5.74, 6) is -1.14. The summed E-state index contributed by atoms with van der Waals surface area (Å²) in [5, 5.41) is 1.96.